The number of rotatable bonds is 4. The Hall–Kier alpha value is -1.63. The maximum Gasteiger partial charge on any atom is 0.342 e. The topological polar surface area (TPSA) is 99.9 Å². The first-order chi connectivity index (χ1) is 7.75. The highest BCUT2D eigenvalue weighted by molar-refractivity contribution is 5.28. The zero-order chi connectivity index (χ0) is 11.4. The maximum absolute atomic E-state index is 11.2. The molecule has 1 aliphatic heterocycles. The molecular formula is C9H14N4O3. The fourth-order valence-corrected chi connectivity index (χ4v) is 1.67. The standard InChI is InChI=1S/C9H14N4O3/c14-8-7(12-13-9(15)11-8)10-3-1-6-2-4-16-5-6/h6H,1-5H2,(H,10,12)(H2,11,13,14,15). The molecule has 1 atom stereocenters. The van der Waals surface area contributed by atoms with Crippen LogP contribution in [-0.4, -0.2) is 34.9 Å². The number of ether oxygens (including phenoxy) is 1. The van der Waals surface area contributed by atoms with Gasteiger partial charge in [-0.1, -0.05) is 0 Å². The summed E-state index contributed by atoms with van der Waals surface area (Å²) in [5.74, 6) is 0.702. The SMILES string of the molecule is O=c1[nH]nc(NCCC2CCOC2)c(=O)[nH]1. The molecule has 0 spiro atoms. The van der Waals surface area contributed by atoms with Crippen molar-refractivity contribution in [3.8, 4) is 0 Å². The second-order valence-electron chi connectivity index (χ2n) is 3.80. The first-order valence-electron chi connectivity index (χ1n) is 5.26. The van der Waals surface area contributed by atoms with Gasteiger partial charge in [-0.05, 0) is 18.8 Å². The lowest BCUT2D eigenvalue weighted by molar-refractivity contribution is 0.185. The quantitative estimate of drug-likeness (QED) is 0.630. The normalized spacial score (nSPS) is 19.9. The number of aromatic nitrogens is 3. The molecule has 7 nitrogen and oxygen atoms in total. The summed E-state index contributed by atoms with van der Waals surface area (Å²) in [4.78, 5) is 24.1. The van der Waals surface area contributed by atoms with Gasteiger partial charge < -0.3 is 10.1 Å². The molecule has 1 fully saturated rings. The van der Waals surface area contributed by atoms with Crippen LogP contribution in [0.1, 0.15) is 12.8 Å². The van der Waals surface area contributed by atoms with E-state index in [1.165, 1.54) is 0 Å². The summed E-state index contributed by atoms with van der Waals surface area (Å²) in [6.45, 7) is 2.26. The molecule has 1 saturated heterocycles. The van der Waals surface area contributed by atoms with Crippen molar-refractivity contribution in [3.05, 3.63) is 20.8 Å². The van der Waals surface area contributed by atoms with Gasteiger partial charge in [0.1, 0.15) is 0 Å². The van der Waals surface area contributed by atoms with Gasteiger partial charge in [0.2, 0.25) is 5.82 Å². The Bertz CT molecular complexity index is 447. The van der Waals surface area contributed by atoms with Crippen LogP contribution in [0.25, 0.3) is 0 Å². The lowest BCUT2D eigenvalue weighted by Crippen LogP contribution is -2.27. The van der Waals surface area contributed by atoms with Gasteiger partial charge in [-0.2, -0.15) is 0 Å². The monoisotopic (exact) mass is 226 g/mol. The number of hydrogen-bond acceptors (Lipinski definition) is 5. The van der Waals surface area contributed by atoms with Crippen molar-refractivity contribution in [2.75, 3.05) is 25.1 Å². The third kappa shape index (κ3) is 2.69. The van der Waals surface area contributed by atoms with Crippen LogP contribution in [0.2, 0.25) is 0 Å². The van der Waals surface area contributed by atoms with Gasteiger partial charge >= 0.3 is 5.69 Å². The van der Waals surface area contributed by atoms with E-state index in [4.69, 9.17) is 4.74 Å². The third-order valence-electron chi connectivity index (χ3n) is 2.58. The van der Waals surface area contributed by atoms with Gasteiger partial charge in [0, 0.05) is 19.8 Å². The van der Waals surface area contributed by atoms with Crippen molar-refractivity contribution in [2.24, 2.45) is 5.92 Å². The van der Waals surface area contributed by atoms with Gasteiger partial charge in [-0.15, -0.1) is 5.10 Å². The molecule has 0 radical (unpaired) electrons. The number of nitrogens with one attached hydrogen (secondary N) is 3. The lowest BCUT2D eigenvalue weighted by atomic mass is 10.1. The summed E-state index contributed by atoms with van der Waals surface area (Å²) in [5.41, 5.74) is -1.09. The second-order valence-corrected chi connectivity index (χ2v) is 3.80. The number of hydrogen-bond donors (Lipinski definition) is 3. The fraction of sp³-hybridized carbons (Fsp3) is 0.667. The van der Waals surface area contributed by atoms with E-state index in [2.05, 4.69) is 20.5 Å². The molecule has 0 amide bonds. The predicted molar refractivity (Wildman–Crippen MR) is 57.5 cm³/mol. The molecule has 16 heavy (non-hydrogen) atoms. The Kier molecular flexibility index (Phi) is 3.35. The van der Waals surface area contributed by atoms with Crippen molar-refractivity contribution in [1.82, 2.24) is 15.2 Å². The van der Waals surface area contributed by atoms with E-state index in [0.717, 1.165) is 26.1 Å². The molecule has 0 saturated carbocycles. The van der Waals surface area contributed by atoms with E-state index in [1.54, 1.807) is 0 Å². The highest BCUT2D eigenvalue weighted by atomic mass is 16.5. The van der Waals surface area contributed by atoms with Gasteiger partial charge in [0.15, 0.2) is 0 Å². The first-order valence-corrected chi connectivity index (χ1v) is 5.26. The van der Waals surface area contributed by atoms with E-state index in [9.17, 15) is 9.59 Å². The van der Waals surface area contributed by atoms with E-state index >= 15 is 0 Å². The van der Waals surface area contributed by atoms with Crippen LogP contribution < -0.4 is 16.6 Å². The van der Waals surface area contributed by atoms with Crippen LogP contribution >= 0.6 is 0 Å². The number of H-pyrrole nitrogens is 2. The molecule has 1 unspecified atom stereocenters. The summed E-state index contributed by atoms with van der Waals surface area (Å²) in [6, 6.07) is 0. The molecule has 0 bridgehead atoms. The number of anilines is 1. The minimum Gasteiger partial charge on any atom is -0.381 e. The van der Waals surface area contributed by atoms with Crippen LogP contribution in [0.5, 0.6) is 0 Å². The summed E-state index contributed by atoms with van der Waals surface area (Å²) in [5, 5.41) is 8.68. The van der Waals surface area contributed by atoms with Gasteiger partial charge in [-0.3, -0.25) is 9.78 Å². The summed E-state index contributed by atoms with van der Waals surface area (Å²) >= 11 is 0. The molecule has 7 heteroatoms. The van der Waals surface area contributed by atoms with Crippen LogP contribution in [0.3, 0.4) is 0 Å². The van der Waals surface area contributed by atoms with E-state index in [1.807, 2.05) is 0 Å². The van der Waals surface area contributed by atoms with E-state index < -0.39 is 11.2 Å². The maximum atomic E-state index is 11.2. The van der Waals surface area contributed by atoms with E-state index in [0.29, 0.717) is 12.5 Å². The Morgan fingerprint density at radius 3 is 3.06 bits per heavy atom. The molecule has 88 valence electrons. The molecule has 1 aromatic rings. The molecule has 0 aromatic carbocycles. The van der Waals surface area contributed by atoms with Crippen molar-refractivity contribution in [2.45, 2.75) is 12.8 Å². The lowest BCUT2D eigenvalue weighted by Gasteiger charge is -2.07. The molecular weight excluding hydrogens is 212 g/mol. The minimum atomic E-state index is -0.597. The van der Waals surface area contributed by atoms with Gasteiger partial charge in [0.05, 0.1) is 0 Å². The van der Waals surface area contributed by atoms with Crippen molar-refractivity contribution in [1.29, 1.82) is 0 Å². The molecule has 1 aromatic heterocycles. The molecule has 1 aliphatic rings. The van der Waals surface area contributed by atoms with Crippen molar-refractivity contribution in [3.63, 3.8) is 0 Å². The number of nitrogens with zero attached hydrogens (tertiary/aromatic N) is 1. The van der Waals surface area contributed by atoms with Crippen LogP contribution in [0.15, 0.2) is 9.59 Å². The average molecular weight is 226 g/mol. The minimum absolute atomic E-state index is 0.151. The Morgan fingerprint density at radius 1 is 1.50 bits per heavy atom. The summed E-state index contributed by atoms with van der Waals surface area (Å²) in [7, 11) is 0. The fourth-order valence-electron chi connectivity index (χ4n) is 1.67. The summed E-state index contributed by atoms with van der Waals surface area (Å²) in [6.07, 6.45) is 2.00. The van der Waals surface area contributed by atoms with Crippen LogP contribution in [-0.2, 0) is 4.74 Å². The zero-order valence-corrected chi connectivity index (χ0v) is 8.78. The number of aromatic amines is 2. The van der Waals surface area contributed by atoms with Crippen LogP contribution in [0.4, 0.5) is 5.82 Å². The van der Waals surface area contributed by atoms with Crippen molar-refractivity contribution >= 4 is 5.82 Å². The Labute approximate surface area is 91.2 Å². The smallest absolute Gasteiger partial charge is 0.342 e. The molecule has 2 rings (SSSR count). The molecule has 0 aliphatic carbocycles. The Balaban J connectivity index is 1.84. The third-order valence-corrected chi connectivity index (χ3v) is 2.58. The highest BCUT2D eigenvalue weighted by Gasteiger charge is 2.15. The molecule has 2 heterocycles. The van der Waals surface area contributed by atoms with Crippen LogP contribution in [0, 0.1) is 5.92 Å². The van der Waals surface area contributed by atoms with Gasteiger partial charge in [0.25, 0.3) is 5.56 Å². The molecule has 3 N–H and O–H groups in total. The average Bonchev–Trinajstić information content (AvgIpc) is 2.74. The Morgan fingerprint density at radius 2 is 2.38 bits per heavy atom. The van der Waals surface area contributed by atoms with Crippen molar-refractivity contribution < 1.29 is 4.74 Å². The summed E-state index contributed by atoms with van der Waals surface area (Å²) < 4.78 is 5.24. The largest absolute Gasteiger partial charge is 0.381 e. The zero-order valence-electron chi connectivity index (χ0n) is 8.78. The second kappa shape index (κ2) is 4.93. The first kappa shape index (κ1) is 10.9. The van der Waals surface area contributed by atoms with Gasteiger partial charge in [-0.25, -0.2) is 9.89 Å². The van der Waals surface area contributed by atoms with E-state index in [-0.39, 0.29) is 5.82 Å². The predicted octanol–water partition coefficient (Wildman–Crippen LogP) is -0.703. The highest BCUT2D eigenvalue weighted by Crippen LogP contribution is 2.15.